The quantitative estimate of drug-likeness (QED) is 0.202. The predicted octanol–water partition coefficient (Wildman–Crippen LogP) is 11.8. The zero-order valence-corrected chi connectivity index (χ0v) is 26.0. The molecule has 2 nitrogen and oxygen atoms in total. The lowest BCUT2D eigenvalue weighted by Crippen LogP contribution is -2.18. The summed E-state index contributed by atoms with van der Waals surface area (Å²) in [5.74, 6) is -1.70. The summed E-state index contributed by atoms with van der Waals surface area (Å²) in [5, 5.41) is 13.7. The maximum atomic E-state index is 14.6. The molecule has 0 saturated heterocycles. The van der Waals surface area contributed by atoms with E-state index >= 15 is 0 Å². The van der Waals surface area contributed by atoms with Crippen LogP contribution in [0.3, 0.4) is 0 Å². The lowest BCUT2D eigenvalue weighted by atomic mass is 9.84. The van der Waals surface area contributed by atoms with Gasteiger partial charge in [0.25, 0.3) is 0 Å². The standard InChI is InChI=1S/C24H29ClF2.C5H11N.C4H4F3N/c1-6-8-9-20(22-14-19(25)12-11-18(22)7-2)16(4)17(5)21-13-10-15(3)23(26)24(21)27;1-3-4-5(2)6;1-2-3(8)4(5,6)7/h10-14,17H,6-9H2,1-5H3;6H,3-4H2,1-2H3;2,8H,1H2/b20-16+;;. The Morgan fingerprint density at radius 2 is 1.59 bits per heavy atom. The molecule has 2 rings (SSSR count). The maximum absolute atomic E-state index is 14.6. The molecule has 2 aromatic rings. The molecule has 8 heteroatoms. The molecule has 41 heavy (non-hydrogen) atoms. The van der Waals surface area contributed by atoms with Crippen molar-refractivity contribution in [2.75, 3.05) is 0 Å². The van der Waals surface area contributed by atoms with Gasteiger partial charge in [-0.3, -0.25) is 5.41 Å². The molecule has 0 radical (unpaired) electrons. The summed E-state index contributed by atoms with van der Waals surface area (Å²) >= 11 is 6.28. The van der Waals surface area contributed by atoms with Gasteiger partial charge in [-0.25, -0.2) is 8.78 Å². The van der Waals surface area contributed by atoms with E-state index in [-0.39, 0.29) is 5.92 Å². The van der Waals surface area contributed by atoms with Gasteiger partial charge in [0.05, 0.1) is 0 Å². The minimum Gasteiger partial charge on any atom is -0.310 e. The first kappa shape index (κ1) is 38.2. The number of benzene rings is 2. The first-order chi connectivity index (χ1) is 19.1. The van der Waals surface area contributed by atoms with Crippen molar-refractivity contribution in [2.24, 2.45) is 0 Å². The fourth-order valence-corrected chi connectivity index (χ4v) is 4.19. The molecule has 0 bridgehead atoms. The third-order valence-electron chi connectivity index (χ3n) is 6.59. The van der Waals surface area contributed by atoms with Crippen LogP contribution in [0.4, 0.5) is 22.0 Å². The van der Waals surface area contributed by atoms with Crippen molar-refractivity contribution in [1.29, 1.82) is 10.8 Å². The van der Waals surface area contributed by atoms with E-state index in [0.717, 1.165) is 55.4 Å². The SMILES string of the molecule is C=CC(=N)C(F)(F)F.CCCC(C)=N.CCCC/C(=C(/C)C(C)c1ccc(C)c(F)c1F)c1cc(Cl)ccc1CC. The van der Waals surface area contributed by atoms with Gasteiger partial charge >= 0.3 is 6.18 Å². The van der Waals surface area contributed by atoms with Crippen molar-refractivity contribution in [1.82, 2.24) is 0 Å². The number of hydrogen-bond acceptors (Lipinski definition) is 2. The average Bonchev–Trinajstić information content (AvgIpc) is 2.91. The van der Waals surface area contributed by atoms with Crippen LogP contribution in [0.25, 0.3) is 5.57 Å². The van der Waals surface area contributed by atoms with Gasteiger partial charge in [-0.15, -0.1) is 0 Å². The predicted molar refractivity (Wildman–Crippen MR) is 165 cm³/mol. The van der Waals surface area contributed by atoms with E-state index in [1.807, 2.05) is 32.9 Å². The first-order valence-electron chi connectivity index (χ1n) is 13.8. The lowest BCUT2D eigenvalue weighted by molar-refractivity contribution is -0.0583. The van der Waals surface area contributed by atoms with E-state index in [0.29, 0.717) is 22.2 Å². The Hall–Kier alpha value is -2.80. The molecule has 2 aromatic carbocycles. The first-order valence-corrected chi connectivity index (χ1v) is 14.2. The van der Waals surface area contributed by atoms with E-state index < -0.39 is 23.5 Å². The normalized spacial score (nSPS) is 12.2. The third kappa shape index (κ3) is 12.7. The highest BCUT2D eigenvalue weighted by molar-refractivity contribution is 6.30. The second kappa shape index (κ2) is 18.6. The van der Waals surface area contributed by atoms with Gasteiger partial charge in [0.15, 0.2) is 11.6 Å². The fraction of sp³-hybridized carbons (Fsp3) is 0.455. The molecule has 0 aliphatic carbocycles. The fourth-order valence-electron chi connectivity index (χ4n) is 4.02. The van der Waals surface area contributed by atoms with Crippen LogP contribution in [0.5, 0.6) is 0 Å². The summed E-state index contributed by atoms with van der Waals surface area (Å²) in [4.78, 5) is 0. The van der Waals surface area contributed by atoms with Crippen LogP contribution in [0.1, 0.15) is 102 Å². The molecule has 0 saturated carbocycles. The number of allylic oxidation sites excluding steroid dienone is 3. The van der Waals surface area contributed by atoms with E-state index in [1.165, 1.54) is 11.1 Å². The van der Waals surface area contributed by atoms with Crippen molar-refractivity contribution in [3.63, 3.8) is 0 Å². The summed E-state index contributed by atoms with van der Waals surface area (Å²) in [7, 11) is 0. The smallest absolute Gasteiger partial charge is 0.310 e. The molecule has 2 N–H and O–H groups in total. The highest BCUT2D eigenvalue weighted by Crippen LogP contribution is 2.37. The van der Waals surface area contributed by atoms with E-state index in [4.69, 9.17) is 22.4 Å². The summed E-state index contributed by atoms with van der Waals surface area (Å²) in [5.41, 5.74) is 4.76. The molecule has 0 aromatic heterocycles. The Bertz CT molecular complexity index is 1200. The minimum absolute atomic E-state index is 0.212. The van der Waals surface area contributed by atoms with Crippen molar-refractivity contribution < 1.29 is 22.0 Å². The monoisotopic (exact) mass is 598 g/mol. The van der Waals surface area contributed by atoms with Crippen LogP contribution in [0.2, 0.25) is 5.02 Å². The molecular weight excluding hydrogens is 555 g/mol. The largest absolute Gasteiger partial charge is 0.432 e. The Kier molecular flexibility index (Phi) is 17.3. The minimum atomic E-state index is -4.53. The number of halogens is 6. The molecule has 0 heterocycles. The average molecular weight is 599 g/mol. The van der Waals surface area contributed by atoms with Gasteiger partial charge in [-0.2, -0.15) is 13.2 Å². The maximum Gasteiger partial charge on any atom is 0.432 e. The van der Waals surface area contributed by atoms with Crippen LogP contribution in [-0.2, 0) is 6.42 Å². The molecular formula is C33H44ClF5N2. The highest BCUT2D eigenvalue weighted by Gasteiger charge is 2.31. The molecule has 0 amide bonds. The van der Waals surface area contributed by atoms with Crippen LogP contribution in [0.15, 0.2) is 48.6 Å². The Morgan fingerprint density at radius 3 is 2.00 bits per heavy atom. The number of rotatable bonds is 10. The molecule has 0 aliphatic rings. The molecule has 0 aliphatic heterocycles. The molecule has 0 spiro atoms. The zero-order chi connectivity index (χ0) is 31.9. The summed E-state index contributed by atoms with van der Waals surface area (Å²) in [6.45, 7) is 16.5. The topological polar surface area (TPSA) is 47.7 Å². The van der Waals surface area contributed by atoms with Crippen molar-refractivity contribution in [3.8, 4) is 0 Å². The highest BCUT2D eigenvalue weighted by atomic mass is 35.5. The zero-order valence-electron chi connectivity index (χ0n) is 25.3. The third-order valence-corrected chi connectivity index (χ3v) is 6.83. The van der Waals surface area contributed by atoms with E-state index in [9.17, 15) is 22.0 Å². The van der Waals surface area contributed by atoms with Crippen LogP contribution >= 0.6 is 11.6 Å². The molecule has 1 unspecified atom stereocenters. The lowest BCUT2D eigenvalue weighted by Gasteiger charge is -2.22. The van der Waals surface area contributed by atoms with E-state index in [1.54, 1.807) is 19.1 Å². The van der Waals surface area contributed by atoms with Crippen molar-refractivity contribution in [3.05, 3.63) is 87.5 Å². The Morgan fingerprint density at radius 1 is 0.976 bits per heavy atom. The second-order valence-corrected chi connectivity index (χ2v) is 10.3. The Labute approximate surface area is 247 Å². The Balaban J connectivity index is 0.000000942. The number of hydrogen-bond donors (Lipinski definition) is 2. The van der Waals surface area contributed by atoms with Gasteiger partial charge in [0.1, 0.15) is 5.71 Å². The van der Waals surface area contributed by atoms with E-state index in [2.05, 4.69) is 33.4 Å². The molecule has 228 valence electrons. The number of aryl methyl sites for hydroxylation is 2. The molecule has 1 atom stereocenters. The van der Waals surface area contributed by atoms with Crippen LogP contribution < -0.4 is 0 Å². The second-order valence-electron chi connectivity index (χ2n) is 9.89. The van der Waals surface area contributed by atoms with Gasteiger partial charge in [0, 0.05) is 16.7 Å². The summed E-state index contributed by atoms with van der Waals surface area (Å²) < 4.78 is 62.1. The summed E-state index contributed by atoms with van der Waals surface area (Å²) in [6.07, 6.45) is 1.91. The van der Waals surface area contributed by atoms with Crippen LogP contribution in [0, 0.1) is 29.4 Å². The molecule has 0 fully saturated rings. The van der Waals surface area contributed by atoms with Gasteiger partial charge in [-0.1, -0.05) is 82.5 Å². The van der Waals surface area contributed by atoms with Gasteiger partial charge < -0.3 is 5.41 Å². The van der Waals surface area contributed by atoms with Crippen molar-refractivity contribution >= 4 is 28.6 Å². The van der Waals surface area contributed by atoms with Crippen LogP contribution in [-0.4, -0.2) is 17.6 Å². The number of alkyl halides is 3. The van der Waals surface area contributed by atoms with Crippen molar-refractivity contribution in [2.45, 2.75) is 99.1 Å². The number of nitrogens with one attached hydrogen (secondary N) is 2. The van der Waals surface area contributed by atoms with Gasteiger partial charge in [-0.05, 0) is 92.5 Å². The van der Waals surface area contributed by atoms with Gasteiger partial charge in [0.2, 0.25) is 0 Å². The summed E-state index contributed by atoms with van der Waals surface area (Å²) in [6, 6.07) is 9.34. The number of unbranched alkanes of at least 4 members (excludes halogenated alkanes) is 1.